The number of carbonyl (C=O) groups is 1. The molecule has 0 radical (unpaired) electrons. The number of likely N-dealkylation sites (N-methyl/N-ethyl adjacent to an activating group) is 1. The van der Waals surface area contributed by atoms with Crippen LogP contribution in [0.5, 0.6) is 0 Å². The largest absolute Gasteiger partial charge is 0.338 e. The van der Waals surface area contributed by atoms with Crippen LogP contribution in [0.2, 0.25) is 0 Å². The minimum absolute atomic E-state index is 0.227. The van der Waals surface area contributed by atoms with Crippen molar-refractivity contribution in [1.82, 2.24) is 4.90 Å². The Balaban J connectivity index is 2.93. The van der Waals surface area contributed by atoms with Gasteiger partial charge in [0.2, 0.25) is 5.91 Å². The molecule has 20 heavy (non-hydrogen) atoms. The number of hydrogen-bond donors (Lipinski definition) is 1. The minimum Gasteiger partial charge on any atom is -0.338 e. The van der Waals surface area contributed by atoms with Crippen molar-refractivity contribution in [3.8, 4) is 0 Å². The Bertz CT molecular complexity index is 497. The van der Waals surface area contributed by atoms with Gasteiger partial charge in [0.1, 0.15) is 0 Å². The molecule has 0 aliphatic heterocycles. The first-order chi connectivity index (χ1) is 9.05. The van der Waals surface area contributed by atoms with E-state index in [2.05, 4.69) is 0 Å². The van der Waals surface area contributed by atoms with E-state index in [0.29, 0.717) is 5.56 Å². The summed E-state index contributed by atoms with van der Waals surface area (Å²) in [6.45, 7) is 7.39. The highest BCUT2D eigenvalue weighted by Gasteiger charge is 2.31. The highest BCUT2D eigenvalue weighted by Crippen LogP contribution is 2.25. The zero-order chi connectivity index (χ0) is 15.7. The van der Waals surface area contributed by atoms with Crippen molar-refractivity contribution >= 4 is 5.91 Å². The molecule has 2 atom stereocenters. The zero-order valence-electron chi connectivity index (χ0n) is 12.6. The van der Waals surface area contributed by atoms with Crippen molar-refractivity contribution in [2.24, 2.45) is 11.1 Å². The summed E-state index contributed by atoms with van der Waals surface area (Å²) in [5, 5.41) is 0. The molecule has 1 rings (SSSR count). The molecule has 0 aliphatic rings. The van der Waals surface area contributed by atoms with Crippen molar-refractivity contribution in [1.29, 1.82) is 0 Å². The van der Waals surface area contributed by atoms with E-state index in [0.717, 1.165) is 12.1 Å². The monoisotopic (exact) mass is 284 g/mol. The lowest BCUT2D eigenvalue weighted by Gasteiger charge is -2.33. The Kier molecular flexibility index (Phi) is 4.86. The molecule has 2 N–H and O–H groups in total. The first-order valence-corrected chi connectivity index (χ1v) is 6.53. The molecule has 5 heteroatoms. The van der Waals surface area contributed by atoms with E-state index < -0.39 is 17.7 Å². The molecule has 0 bridgehead atoms. The third-order valence-corrected chi connectivity index (χ3v) is 3.55. The van der Waals surface area contributed by atoms with Crippen LogP contribution in [-0.4, -0.2) is 23.9 Å². The van der Waals surface area contributed by atoms with Gasteiger partial charge in [0.25, 0.3) is 0 Å². The predicted octanol–water partition coefficient (Wildman–Crippen LogP) is 2.86. The molecule has 1 aromatic rings. The van der Waals surface area contributed by atoms with Gasteiger partial charge in [0, 0.05) is 7.05 Å². The molecule has 3 nitrogen and oxygen atoms in total. The summed E-state index contributed by atoms with van der Waals surface area (Å²) in [4.78, 5) is 13.8. The molecular weight excluding hydrogens is 262 g/mol. The molecule has 0 saturated heterocycles. The van der Waals surface area contributed by atoms with Crippen LogP contribution in [0.25, 0.3) is 0 Å². The van der Waals surface area contributed by atoms with Crippen molar-refractivity contribution in [3.05, 3.63) is 35.4 Å². The number of halogens is 2. The first kappa shape index (κ1) is 16.6. The Morgan fingerprint density at radius 1 is 1.25 bits per heavy atom. The Hall–Kier alpha value is -1.49. The zero-order valence-corrected chi connectivity index (χ0v) is 12.6. The second-order valence-electron chi connectivity index (χ2n) is 6.14. The average molecular weight is 284 g/mol. The SMILES string of the molecule is CC(c1ccc(F)c(F)c1)N(C)C(=O)[C@@H](N)C(C)(C)C. The van der Waals surface area contributed by atoms with Gasteiger partial charge < -0.3 is 10.6 Å². The summed E-state index contributed by atoms with van der Waals surface area (Å²) in [6, 6.07) is 2.59. The molecule has 1 unspecified atom stereocenters. The van der Waals surface area contributed by atoms with E-state index >= 15 is 0 Å². The fourth-order valence-corrected chi connectivity index (χ4v) is 1.78. The molecular formula is C15H22F2N2O. The van der Waals surface area contributed by atoms with E-state index in [-0.39, 0.29) is 17.4 Å². The highest BCUT2D eigenvalue weighted by molar-refractivity contribution is 5.82. The van der Waals surface area contributed by atoms with E-state index in [4.69, 9.17) is 5.73 Å². The molecule has 1 amide bonds. The Labute approximate surface area is 118 Å². The molecule has 0 aromatic heterocycles. The van der Waals surface area contributed by atoms with Crippen molar-refractivity contribution in [3.63, 3.8) is 0 Å². The minimum atomic E-state index is -0.921. The highest BCUT2D eigenvalue weighted by atomic mass is 19.2. The van der Waals surface area contributed by atoms with Crippen LogP contribution in [0.3, 0.4) is 0 Å². The van der Waals surface area contributed by atoms with Crippen molar-refractivity contribution in [2.45, 2.75) is 39.8 Å². The third-order valence-electron chi connectivity index (χ3n) is 3.55. The standard InChI is InChI=1S/C15H22F2N2O/c1-9(10-6-7-11(16)12(17)8-10)19(5)14(20)13(18)15(2,3)4/h6-9,13H,18H2,1-5H3/t9?,13-/m1/s1. The maximum atomic E-state index is 13.2. The molecule has 112 valence electrons. The number of rotatable bonds is 3. The van der Waals surface area contributed by atoms with Gasteiger partial charge in [-0.1, -0.05) is 26.8 Å². The normalized spacial score (nSPS) is 14.8. The van der Waals surface area contributed by atoms with Crippen LogP contribution in [0.15, 0.2) is 18.2 Å². The number of benzene rings is 1. The summed E-state index contributed by atoms with van der Waals surface area (Å²) in [7, 11) is 1.61. The fourth-order valence-electron chi connectivity index (χ4n) is 1.78. The van der Waals surface area contributed by atoms with Crippen LogP contribution in [0.4, 0.5) is 8.78 Å². The van der Waals surface area contributed by atoms with Gasteiger partial charge in [-0.05, 0) is 30.0 Å². The van der Waals surface area contributed by atoms with Gasteiger partial charge in [-0.3, -0.25) is 4.79 Å². The lowest BCUT2D eigenvalue weighted by Crippen LogP contribution is -2.49. The maximum Gasteiger partial charge on any atom is 0.240 e. The summed E-state index contributed by atoms with van der Waals surface area (Å²) in [6.07, 6.45) is 0. The average Bonchev–Trinajstić information content (AvgIpc) is 2.37. The Morgan fingerprint density at radius 3 is 2.25 bits per heavy atom. The van der Waals surface area contributed by atoms with E-state index in [1.807, 2.05) is 20.8 Å². The number of nitrogens with two attached hydrogens (primary N) is 1. The van der Waals surface area contributed by atoms with Crippen LogP contribution in [-0.2, 0) is 4.79 Å². The summed E-state index contributed by atoms with van der Waals surface area (Å²) >= 11 is 0. The summed E-state index contributed by atoms with van der Waals surface area (Å²) < 4.78 is 26.2. The van der Waals surface area contributed by atoms with Gasteiger partial charge in [-0.2, -0.15) is 0 Å². The van der Waals surface area contributed by atoms with Crippen LogP contribution < -0.4 is 5.73 Å². The molecule has 0 saturated carbocycles. The van der Waals surface area contributed by atoms with Gasteiger partial charge in [0.05, 0.1) is 12.1 Å². The fraction of sp³-hybridized carbons (Fsp3) is 0.533. The number of amides is 1. The van der Waals surface area contributed by atoms with Crippen LogP contribution in [0.1, 0.15) is 39.3 Å². The van der Waals surface area contributed by atoms with Gasteiger partial charge in [0.15, 0.2) is 11.6 Å². The molecule has 0 aliphatic carbocycles. The van der Waals surface area contributed by atoms with Crippen molar-refractivity contribution < 1.29 is 13.6 Å². The van der Waals surface area contributed by atoms with Crippen LogP contribution >= 0.6 is 0 Å². The van der Waals surface area contributed by atoms with Gasteiger partial charge in [-0.15, -0.1) is 0 Å². The summed E-state index contributed by atoms with van der Waals surface area (Å²) in [5.74, 6) is -2.05. The molecule has 0 heterocycles. The van der Waals surface area contributed by atoms with Crippen LogP contribution in [0, 0.1) is 17.0 Å². The molecule has 0 spiro atoms. The topological polar surface area (TPSA) is 46.3 Å². The van der Waals surface area contributed by atoms with E-state index in [9.17, 15) is 13.6 Å². The first-order valence-electron chi connectivity index (χ1n) is 6.53. The molecule has 1 aromatic carbocycles. The lowest BCUT2D eigenvalue weighted by molar-refractivity contribution is -0.135. The lowest BCUT2D eigenvalue weighted by atomic mass is 9.86. The second-order valence-corrected chi connectivity index (χ2v) is 6.14. The summed E-state index contributed by atoms with van der Waals surface area (Å²) in [5.41, 5.74) is 6.11. The molecule has 0 fully saturated rings. The quantitative estimate of drug-likeness (QED) is 0.927. The number of nitrogens with zero attached hydrogens (tertiary/aromatic N) is 1. The third kappa shape index (κ3) is 3.54. The second kappa shape index (κ2) is 5.87. The smallest absolute Gasteiger partial charge is 0.240 e. The van der Waals surface area contributed by atoms with E-state index in [1.54, 1.807) is 14.0 Å². The van der Waals surface area contributed by atoms with Crippen molar-refractivity contribution in [2.75, 3.05) is 7.05 Å². The maximum absolute atomic E-state index is 13.2. The Morgan fingerprint density at radius 2 is 1.80 bits per heavy atom. The number of hydrogen-bond acceptors (Lipinski definition) is 2. The number of carbonyl (C=O) groups excluding carboxylic acids is 1. The van der Waals surface area contributed by atoms with E-state index in [1.165, 1.54) is 11.0 Å². The predicted molar refractivity (Wildman–Crippen MR) is 75.0 cm³/mol. The van der Waals surface area contributed by atoms with Gasteiger partial charge in [-0.25, -0.2) is 8.78 Å². The van der Waals surface area contributed by atoms with Gasteiger partial charge >= 0.3 is 0 Å².